The van der Waals surface area contributed by atoms with Gasteiger partial charge in [0.2, 0.25) is 5.91 Å². The van der Waals surface area contributed by atoms with E-state index in [-0.39, 0.29) is 17.6 Å². The molecule has 0 spiro atoms. The fraction of sp³-hybridized carbons (Fsp3) is 0.615. The molecule has 2 heterocycles. The van der Waals surface area contributed by atoms with Crippen LogP contribution in [0.3, 0.4) is 0 Å². The zero-order valence-electron chi connectivity index (χ0n) is 10.8. The second kappa shape index (κ2) is 5.38. The summed E-state index contributed by atoms with van der Waals surface area (Å²) in [4.78, 5) is 13.0. The fourth-order valence-electron chi connectivity index (χ4n) is 2.24. The lowest BCUT2D eigenvalue weighted by Crippen LogP contribution is -2.48. The molecule has 0 saturated carbocycles. The van der Waals surface area contributed by atoms with Gasteiger partial charge in [0.25, 0.3) is 0 Å². The quantitative estimate of drug-likeness (QED) is 0.879. The largest absolute Gasteiger partial charge is 0.375 e. The molecule has 1 aromatic heterocycles. The minimum absolute atomic E-state index is 0.0971. The Balaban J connectivity index is 1.91. The van der Waals surface area contributed by atoms with Crippen LogP contribution in [-0.2, 0) is 9.53 Å². The highest BCUT2D eigenvalue weighted by atomic mass is 32.1. The molecule has 4 nitrogen and oxygen atoms in total. The van der Waals surface area contributed by atoms with E-state index in [9.17, 15) is 4.79 Å². The van der Waals surface area contributed by atoms with Crippen LogP contribution in [0.25, 0.3) is 0 Å². The number of nitrogens with one attached hydrogen (secondary N) is 1. The third-order valence-corrected chi connectivity index (χ3v) is 4.13. The van der Waals surface area contributed by atoms with Crippen molar-refractivity contribution < 1.29 is 9.53 Å². The fourth-order valence-corrected chi connectivity index (χ4v) is 2.97. The maximum Gasteiger partial charge on any atom is 0.242 e. The van der Waals surface area contributed by atoms with Crippen LogP contribution in [0, 0.1) is 0 Å². The third kappa shape index (κ3) is 3.31. The van der Waals surface area contributed by atoms with Crippen LogP contribution >= 0.6 is 11.3 Å². The first-order chi connectivity index (χ1) is 8.48. The topological polar surface area (TPSA) is 64.4 Å². The van der Waals surface area contributed by atoms with Gasteiger partial charge in [-0.1, -0.05) is 6.07 Å². The van der Waals surface area contributed by atoms with Crippen molar-refractivity contribution in [3.05, 3.63) is 22.4 Å². The number of ether oxygens (including phenoxy) is 1. The number of rotatable bonds is 3. The van der Waals surface area contributed by atoms with E-state index in [1.54, 1.807) is 0 Å². The van der Waals surface area contributed by atoms with E-state index in [1.165, 1.54) is 11.3 Å². The molecule has 1 aliphatic rings. The van der Waals surface area contributed by atoms with Crippen molar-refractivity contribution in [2.24, 2.45) is 5.73 Å². The number of hydrogen-bond donors (Lipinski definition) is 2. The normalized spacial score (nSPS) is 24.5. The smallest absolute Gasteiger partial charge is 0.242 e. The van der Waals surface area contributed by atoms with Gasteiger partial charge in [0.1, 0.15) is 6.04 Å². The molecular weight excluding hydrogens is 248 g/mol. The standard InChI is InChI=1S/C13H20N2O2S/c1-13(2)8-9(5-6-17-13)15-12(16)11(14)10-4-3-7-18-10/h3-4,7,9,11H,5-6,8,14H2,1-2H3,(H,15,16). The lowest BCUT2D eigenvalue weighted by Gasteiger charge is -2.36. The lowest BCUT2D eigenvalue weighted by molar-refractivity contribution is -0.125. The van der Waals surface area contributed by atoms with Crippen LogP contribution in [0.1, 0.15) is 37.6 Å². The maximum absolute atomic E-state index is 12.1. The summed E-state index contributed by atoms with van der Waals surface area (Å²) in [5.74, 6) is -0.0971. The second-order valence-electron chi connectivity index (χ2n) is 5.30. The number of amides is 1. The van der Waals surface area contributed by atoms with E-state index in [2.05, 4.69) is 5.32 Å². The van der Waals surface area contributed by atoms with Crippen LogP contribution in [0.2, 0.25) is 0 Å². The summed E-state index contributed by atoms with van der Waals surface area (Å²) in [5, 5.41) is 4.96. The van der Waals surface area contributed by atoms with Gasteiger partial charge in [-0.2, -0.15) is 0 Å². The third-order valence-electron chi connectivity index (χ3n) is 3.18. The first kappa shape index (κ1) is 13.5. The molecule has 1 aromatic rings. The van der Waals surface area contributed by atoms with E-state index < -0.39 is 6.04 Å². The minimum Gasteiger partial charge on any atom is -0.375 e. The van der Waals surface area contributed by atoms with Crippen molar-refractivity contribution in [1.82, 2.24) is 5.32 Å². The van der Waals surface area contributed by atoms with E-state index in [1.807, 2.05) is 31.4 Å². The van der Waals surface area contributed by atoms with E-state index in [4.69, 9.17) is 10.5 Å². The molecule has 1 aliphatic heterocycles. The molecule has 0 bridgehead atoms. The maximum atomic E-state index is 12.1. The summed E-state index contributed by atoms with van der Waals surface area (Å²) in [5.41, 5.74) is 5.77. The molecule has 1 saturated heterocycles. The average Bonchev–Trinajstić information content (AvgIpc) is 2.79. The van der Waals surface area contributed by atoms with Gasteiger partial charge >= 0.3 is 0 Å². The Morgan fingerprint density at radius 2 is 2.44 bits per heavy atom. The molecule has 1 amide bonds. The molecule has 0 radical (unpaired) electrons. The number of thiophene rings is 1. The Bertz CT molecular complexity index is 403. The Kier molecular flexibility index (Phi) is 4.04. The van der Waals surface area contributed by atoms with Gasteiger partial charge < -0.3 is 15.8 Å². The molecule has 5 heteroatoms. The summed E-state index contributed by atoms with van der Waals surface area (Å²) in [6.07, 6.45) is 1.68. The van der Waals surface area contributed by atoms with E-state index >= 15 is 0 Å². The zero-order valence-corrected chi connectivity index (χ0v) is 11.6. The minimum atomic E-state index is -0.559. The molecule has 3 N–H and O–H groups in total. The van der Waals surface area contributed by atoms with Gasteiger partial charge in [-0.3, -0.25) is 4.79 Å². The average molecular weight is 268 g/mol. The molecule has 2 rings (SSSR count). The van der Waals surface area contributed by atoms with Gasteiger partial charge in [-0.15, -0.1) is 11.3 Å². The van der Waals surface area contributed by atoms with Crippen LogP contribution in [-0.4, -0.2) is 24.2 Å². The van der Waals surface area contributed by atoms with Crippen molar-refractivity contribution in [3.8, 4) is 0 Å². The van der Waals surface area contributed by atoms with Crippen LogP contribution < -0.4 is 11.1 Å². The Hall–Kier alpha value is -0.910. The van der Waals surface area contributed by atoms with Gasteiger partial charge in [0.05, 0.1) is 5.60 Å². The Morgan fingerprint density at radius 3 is 3.06 bits per heavy atom. The predicted molar refractivity (Wildman–Crippen MR) is 72.4 cm³/mol. The molecule has 1 fully saturated rings. The molecular formula is C13H20N2O2S. The van der Waals surface area contributed by atoms with Gasteiger partial charge in [0.15, 0.2) is 0 Å². The second-order valence-corrected chi connectivity index (χ2v) is 6.28. The lowest BCUT2D eigenvalue weighted by atomic mass is 9.94. The number of carbonyl (C=O) groups is 1. The van der Waals surface area contributed by atoms with E-state index in [0.29, 0.717) is 6.61 Å². The number of nitrogens with two attached hydrogens (primary N) is 1. The predicted octanol–water partition coefficient (Wildman–Crippen LogP) is 1.82. The van der Waals surface area contributed by atoms with Crippen molar-refractivity contribution in [2.75, 3.05) is 6.61 Å². The number of hydrogen-bond acceptors (Lipinski definition) is 4. The SMILES string of the molecule is CC1(C)CC(NC(=O)C(N)c2cccs2)CCO1. The van der Waals surface area contributed by atoms with Gasteiger partial charge in [-0.25, -0.2) is 0 Å². The highest BCUT2D eigenvalue weighted by Crippen LogP contribution is 2.24. The van der Waals surface area contributed by atoms with Crippen molar-refractivity contribution in [2.45, 2.75) is 44.4 Å². The highest BCUT2D eigenvalue weighted by Gasteiger charge is 2.30. The Morgan fingerprint density at radius 1 is 1.67 bits per heavy atom. The molecule has 18 heavy (non-hydrogen) atoms. The van der Waals surface area contributed by atoms with Crippen LogP contribution in [0.5, 0.6) is 0 Å². The molecule has 0 aliphatic carbocycles. The first-order valence-corrected chi connectivity index (χ1v) is 7.09. The summed E-state index contributed by atoms with van der Waals surface area (Å²) in [7, 11) is 0. The first-order valence-electron chi connectivity index (χ1n) is 6.21. The highest BCUT2D eigenvalue weighted by molar-refractivity contribution is 7.10. The monoisotopic (exact) mass is 268 g/mol. The van der Waals surface area contributed by atoms with Gasteiger partial charge in [-0.05, 0) is 38.1 Å². The number of carbonyl (C=O) groups excluding carboxylic acids is 1. The summed E-state index contributed by atoms with van der Waals surface area (Å²) in [6.45, 7) is 4.78. The summed E-state index contributed by atoms with van der Waals surface area (Å²) >= 11 is 1.51. The zero-order chi connectivity index (χ0) is 13.2. The van der Waals surface area contributed by atoms with Gasteiger partial charge in [0, 0.05) is 17.5 Å². The van der Waals surface area contributed by atoms with E-state index in [0.717, 1.165) is 17.7 Å². The molecule has 2 atom stereocenters. The van der Waals surface area contributed by atoms with Crippen LogP contribution in [0.4, 0.5) is 0 Å². The molecule has 2 unspecified atom stereocenters. The molecule has 100 valence electrons. The Labute approximate surface area is 112 Å². The molecule has 0 aromatic carbocycles. The summed E-state index contributed by atoms with van der Waals surface area (Å²) in [6, 6.07) is 3.40. The van der Waals surface area contributed by atoms with Crippen molar-refractivity contribution in [3.63, 3.8) is 0 Å². The summed E-state index contributed by atoms with van der Waals surface area (Å²) < 4.78 is 5.63. The van der Waals surface area contributed by atoms with Crippen molar-refractivity contribution in [1.29, 1.82) is 0 Å². The van der Waals surface area contributed by atoms with Crippen LogP contribution in [0.15, 0.2) is 17.5 Å². The van der Waals surface area contributed by atoms with Crippen molar-refractivity contribution >= 4 is 17.2 Å².